The van der Waals surface area contributed by atoms with Crippen molar-refractivity contribution < 1.29 is 24.1 Å². The Labute approximate surface area is 185 Å². The van der Waals surface area contributed by atoms with E-state index < -0.39 is 5.97 Å². The molecule has 0 amide bonds. The first-order valence-corrected chi connectivity index (χ1v) is 11.8. The lowest BCUT2D eigenvalue weighted by atomic mass is 9.85. The topological polar surface area (TPSA) is 76.0 Å². The Bertz CT molecular complexity index is 640. The number of hydrogen-bond acceptors (Lipinski definition) is 4. The van der Waals surface area contributed by atoms with Crippen molar-refractivity contribution in [3.8, 4) is 0 Å². The number of allylic oxidation sites excluding steroid dienone is 2. The van der Waals surface area contributed by atoms with Crippen LogP contribution in [0, 0.1) is 11.8 Å². The van der Waals surface area contributed by atoms with Gasteiger partial charge in [0.2, 0.25) is 0 Å². The van der Waals surface area contributed by atoms with Crippen molar-refractivity contribution in [2.75, 3.05) is 0 Å². The average molecular weight is 454 g/mol. The third kappa shape index (κ3) is 8.73. The summed E-state index contributed by atoms with van der Waals surface area (Å²) in [6.07, 6.45) is 10.8. The summed E-state index contributed by atoms with van der Waals surface area (Å²) in [4.78, 5) is 10.6. The zero-order chi connectivity index (χ0) is 21.8. The van der Waals surface area contributed by atoms with Crippen LogP contribution in [0.15, 0.2) is 42.5 Å². The van der Waals surface area contributed by atoms with Gasteiger partial charge in [0, 0.05) is 31.8 Å². The molecule has 1 aromatic carbocycles. The molecule has 7 heteroatoms. The van der Waals surface area contributed by atoms with Gasteiger partial charge in [-0.15, -0.1) is 0 Å². The molecule has 0 saturated heterocycles. The minimum Gasteiger partial charge on any atom is -0.481 e. The maximum absolute atomic E-state index is 10.6. The van der Waals surface area contributed by atoms with Crippen LogP contribution in [0.4, 0.5) is 0 Å². The molecule has 1 aromatic rings. The van der Waals surface area contributed by atoms with E-state index in [0.717, 1.165) is 38.5 Å². The molecule has 168 valence electrons. The normalized spacial score (nSPS) is 25.0. The van der Waals surface area contributed by atoms with Crippen LogP contribution < -0.4 is 0 Å². The van der Waals surface area contributed by atoms with Crippen LogP contribution in [-0.4, -0.2) is 34.5 Å². The molecule has 0 spiro atoms. The zero-order valence-corrected chi connectivity index (χ0v) is 19.9. The molecule has 0 aromatic heterocycles. The van der Waals surface area contributed by atoms with Crippen LogP contribution in [0.2, 0.25) is 0 Å². The Morgan fingerprint density at radius 3 is 2.60 bits per heavy atom. The molecule has 2 rings (SSSR count). The van der Waals surface area contributed by atoms with E-state index in [4.69, 9.17) is 14.2 Å². The molecule has 0 aliphatic heterocycles. The van der Waals surface area contributed by atoms with Crippen molar-refractivity contribution in [2.24, 2.45) is 11.8 Å². The molecule has 2 unspecified atom stereocenters. The summed E-state index contributed by atoms with van der Waals surface area (Å²) in [7, 11) is 4.77. The molecule has 1 fully saturated rings. The van der Waals surface area contributed by atoms with Crippen LogP contribution in [0.3, 0.4) is 0 Å². The summed E-state index contributed by atoms with van der Waals surface area (Å²) in [5.41, 5.74) is 1.32. The van der Waals surface area contributed by atoms with Gasteiger partial charge in [-0.3, -0.25) is 4.79 Å². The van der Waals surface area contributed by atoms with Crippen molar-refractivity contribution >= 4 is 24.9 Å². The standard InChI is InChI=1S/C23H36O5P2/c24-21-16-22(28-30)20(19(21)10-6-1-2-7-11-23(25)26)15-14-18(27-29)13-12-17-8-4-3-5-9-17/h1,3-6,8-9,18-22,24H,2,7,10-16,29-30H2,(H,25,26)/t18-,19+,20+,21-,22+/m0/s1. The molecule has 30 heavy (non-hydrogen) atoms. The monoisotopic (exact) mass is 454 g/mol. The molecule has 2 N–H and O–H groups in total. The van der Waals surface area contributed by atoms with E-state index >= 15 is 0 Å². The van der Waals surface area contributed by atoms with E-state index in [2.05, 4.69) is 49.3 Å². The number of unbranched alkanes of at least 4 members (excludes halogenated alkanes) is 1. The Kier molecular flexibility index (Phi) is 12.1. The van der Waals surface area contributed by atoms with Gasteiger partial charge < -0.3 is 19.3 Å². The SMILES string of the molecule is O=C(O)CCCC=CC[C@@H]1[C@@H](CC[C@H](CCc2ccccc2)OP)[C@H](OP)C[C@@H]1O. The van der Waals surface area contributed by atoms with Crippen LogP contribution in [0.5, 0.6) is 0 Å². The summed E-state index contributed by atoms with van der Waals surface area (Å²) >= 11 is 0. The second-order valence-electron chi connectivity index (χ2n) is 8.16. The molecule has 7 atom stereocenters. The van der Waals surface area contributed by atoms with Gasteiger partial charge in [-0.05, 0) is 62.3 Å². The van der Waals surface area contributed by atoms with Gasteiger partial charge in [-0.2, -0.15) is 0 Å². The second-order valence-corrected chi connectivity index (χ2v) is 8.70. The summed E-state index contributed by atoms with van der Waals surface area (Å²) in [6.45, 7) is 0. The largest absolute Gasteiger partial charge is 0.481 e. The number of aliphatic carboxylic acids is 1. The Hall–Kier alpha value is -0.830. The number of hydrogen-bond donors (Lipinski definition) is 2. The van der Waals surface area contributed by atoms with E-state index in [-0.39, 0.29) is 36.6 Å². The lowest BCUT2D eigenvalue weighted by Gasteiger charge is -2.26. The molecule has 1 aliphatic carbocycles. The number of carboxylic acids is 1. The van der Waals surface area contributed by atoms with Gasteiger partial charge in [0.15, 0.2) is 0 Å². The average Bonchev–Trinajstić information content (AvgIpc) is 3.05. The minimum atomic E-state index is -0.756. The van der Waals surface area contributed by atoms with Crippen molar-refractivity contribution in [2.45, 2.75) is 76.1 Å². The lowest BCUT2D eigenvalue weighted by Crippen LogP contribution is -2.24. The number of rotatable bonds is 14. The first kappa shape index (κ1) is 25.4. The van der Waals surface area contributed by atoms with E-state index in [0.29, 0.717) is 12.8 Å². The Morgan fingerprint density at radius 2 is 1.93 bits per heavy atom. The maximum atomic E-state index is 10.6. The third-order valence-corrected chi connectivity index (χ3v) is 6.85. The van der Waals surface area contributed by atoms with Gasteiger partial charge in [0.05, 0.1) is 18.3 Å². The first-order valence-electron chi connectivity index (χ1n) is 10.8. The molecule has 0 bridgehead atoms. The zero-order valence-electron chi connectivity index (χ0n) is 17.6. The quantitative estimate of drug-likeness (QED) is 0.236. The summed E-state index contributed by atoms with van der Waals surface area (Å²) < 4.78 is 11.3. The predicted octanol–water partition coefficient (Wildman–Crippen LogP) is 4.95. The van der Waals surface area contributed by atoms with E-state index in [9.17, 15) is 9.90 Å². The number of aliphatic hydroxyl groups is 1. The highest BCUT2D eigenvalue weighted by molar-refractivity contribution is 7.10. The molecule has 1 aliphatic rings. The summed E-state index contributed by atoms with van der Waals surface area (Å²) in [6, 6.07) is 10.4. The summed E-state index contributed by atoms with van der Waals surface area (Å²) in [5.74, 6) is -0.320. The van der Waals surface area contributed by atoms with Gasteiger partial charge in [-0.1, -0.05) is 42.5 Å². The van der Waals surface area contributed by atoms with Gasteiger partial charge in [0.25, 0.3) is 0 Å². The lowest BCUT2D eigenvalue weighted by molar-refractivity contribution is -0.137. The van der Waals surface area contributed by atoms with Crippen molar-refractivity contribution in [1.29, 1.82) is 0 Å². The van der Waals surface area contributed by atoms with Crippen molar-refractivity contribution in [3.63, 3.8) is 0 Å². The van der Waals surface area contributed by atoms with Crippen molar-refractivity contribution in [3.05, 3.63) is 48.0 Å². The number of carboxylic acid groups (broad SMARTS) is 1. The molecular weight excluding hydrogens is 418 g/mol. The smallest absolute Gasteiger partial charge is 0.303 e. The van der Waals surface area contributed by atoms with E-state index in [1.165, 1.54) is 5.56 Å². The Morgan fingerprint density at radius 1 is 1.17 bits per heavy atom. The highest BCUT2D eigenvalue weighted by Gasteiger charge is 2.41. The minimum absolute atomic E-state index is 0.0368. The first-order chi connectivity index (χ1) is 14.5. The predicted molar refractivity (Wildman–Crippen MR) is 126 cm³/mol. The number of aliphatic hydroxyl groups excluding tert-OH is 1. The maximum Gasteiger partial charge on any atom is 0.303 e. The highest BCUT2D eigenvalue weighted by Crippen LogP contribution is 2.41. The molecular formula is C23H36O5P2. The highest BCUT2D eigenvalue weighted by atomic mass is 31.0. The van der Waals surface area contributed by atoms with E-state index in [1.807, 2.05) is 12.1 Å². The fraction of sp³-hybridized carbons (Fsp3) is 0.609. The number of benzene rings is 1. The number of carbonyl (C=O) groups is 1. The van der Waals surface area contributed by atoms with Gasteiger partial charge in [-0.25, -0.2) is 0 Å². The van der Waals surface area contributed by atoms with E-state index in [1.54, 1.807) is 0 Å². The fourth-order valence-electron chi connectivity index (χ4n) is 4.41. The second kappa shape index (κ2) is 14.3. The molecule has 5 nitrogen and oxygen atoms in total. The van der Waals surface area contributed by atoms with Crippen molar-refractivity contribution in [1.82, 2.24) is 0 Å². The third-order valence-electron chi connectivity index (χ3n) is 6.12. The molecule has 1 saturated carbocycles. The van der Waals surface area contributed by atoms with Crippen LogP contribution in [0.1, 0.15) is 56.9 Å². The van der Waals surface area contributed by atoms with Crippen LogP contribution in [0.25, 0.3) is 0 Å². The number of aryl methyl sites for hydroxylation is 1. The van der Waals surface area contributed by atoms with Crippen LogP contribution in [-0.2, 0) is 20.3 Å². The molecule has 0 radical (unpaired) electrons. The van der Waals surface area contributed by atoms with Gasteiger partial charge in [0.1, 0.15) is 0 Å². The van der Waals surface area contributed by atoms with Crippen LogP contribution >= 0.6 is 18.9 Å². The molecule has 0 heterocycles. The van der Waals surface area contributed by atoms with Gasteiger partial charge >= 0.3 is 5.97 Å². The fourth-order valence-corrected chi connectivity index (χ4v) is 5.00. The summed E-state index contributed by atoms with van der Waals surface area (Å²) in [5, 5.41) is 19.3. The Balaban J connectivity index is 1.84.